The van der Waals surface area contributed by atoms with Gasteiger partial charge in [-0.05, 0) is 50.5 Å². The lowest BCUT2D eigenvalue weighted by atomic mass is 9.97. The van der Waals surface area contributed by atoms with Gasteiger partial charge in [0.25, 0.3) is 5.56 Å². The van der Waals surface area contributed by atoms with Crippen molar-refractivity contribution < 1.29 is 4.79 Å². The van der Waals surface area contributed by atoms with Gasteiger partial charge < -0.3 is 5.32 Å². The Morgan fingerprint density at radius 1 is 1.31 bits per heavy atom. The zero-order chi connectivity index (χ0) is 18.8. The van der Waals surface area contributed by atoms with Crippen LogP contribution in [0, 0.1) is 5.92 Å². The number of thiophene rings is 1. The molecular weight excluding hydrogens is 366 g/mol. The van der Waals surface area contributed by atoms with Gasteiger partial charge in [0.05, 0.1) is 10.6 Å². The molecule has 1 aliphatic carbocycles. The zero-order valence-corrected chi connectivity index (χ0v) is 17.6. The third-order valence-electron chi connectivity index (χ3n) is 4.87. The second-order valence-corrected chi connectivity index (χ2v) is 9.69. The summed E-state index contributed by atoms with van der Waals surface area (Å²) in [6.45, 7) is 6.81. The number of rotatable bonds is 6. The summed E-state index contributed by atoms with van der Waals surface area (Å²) in [5.74, 6) is 0.452. The smallest absolute Gasteiger partial charge is 0.263 e. The summed E-state index contributed by atoms with van der Waals surface area (Å²) < 4.78 is 1.80. The second kappa shape index (κ2) is 8.13. The van der Waals surface area contributed by atoms with Crippen molar-refractivity contribution in [2.75, 3.05) is 7.05 Å². The molecule has 26 heavy (non-hydrogen) atoms. The maximum Gasteiger partial charge on any atom is 0.263 e. The first kappa shape index (κ1) is 19.4. The number of nitrogens with zero attached hydrogens (tertiary/aromatic N) is 2. The molecule has 142 valence electrons. The minimum atomic E-state index is -0.288. The summed E-state index contributed by atoms with van der Waals surface area (Å²) in [5, 5.41) is 3.88. The fraction of sp³-hybridized carbons (Fsp3) is 0.632. The SMILES string of the molecule is CNC(=O)C(C)Sc1nc2sc3c(c2c(=O)n1CCC(C)C)CCCC3. The molecule has 0 bridgehead atoms. The third-order valence-corrected chi connectivity index (χ3v) is 7.14. The number of fused-ring (bicyclic) bond motifs is 3. The van der Waals surface area contributed by atoms with Crippen molar-refractivity contribution in [3.8, 4) is 0 Å². The molecule has 2 aromatic rings. The van der Waals surface area contributed by atoms with Crippen molar-refractivity contribution in [3.63, 3.8) is 0 Å². The van der Waals surface area contributed by atoms with E-state index in [1.807, 2.05) is 6.92 Å². The minimum Gasteiger partial charge on any atom is -0.358 e. The summed E-state index contributed by atoms with van der Waals surface area (Å²) in [4.78, 5) is 32.3. The van der Waals surface area contributed by atoms with Gasteiger partial charge in [0.2, 0.25) is 5.91 Å². The Morgan fingerprint density at radius 3 is 2.73 bits per heavy atom. The Morgan fingerprint density at radius 2 is 2.04 bits per heavy atom. The number of thioether (sulfide) groups is 1. The van der Waals surface area contributed by atoms with Crippen LogP contribution in [0.5, 0.6) is 0 Å². The van der Waals surface area contributed by atoms with Gasteiger partial charge in [-0.2, -0.15) is 0 Å². The van der Waals surface area contributed by atoms with Gasteiger partial charge in [0.15, 0.2) is 5.16 Å². The van der Waals surface area contributed by atoms with E-state index in [-0.39, 0.29) is 16.7 Å². The van der Waals surface area contributed by atoms with E-state index < -0.39 is 0 Å². The van der Waals surface area contributed by atoms with Crippen LogP contribution in [0.2, 0.25) is 0 Å². The first-order chi connectivity index (χ1) is 12.4. The molecule has 1 atom stereocenters. The average molecular weight is 394 g/mol. The average Bonchev–Trinajstić information content (AvgIpc) is 2.98. The maximum absolute atomic E-state index is 13.3. The van der Waals surface area contributed by atoms with E-state index in [9.17, 15) is 9.59 Å². The quantitative estimate of drug-likeness (QED) is 0.601. The Hall–Kier alpha value is -1.34. The monoisotopic (exact) mass is 393 g/mol. The van der Waals surface area contributed by atoms with E-state index in [4.69, 9.17) is 4.98 Å². The molecule has 0 aliphatic heterocycles. The number of carbonyl (C=O) groups excluding carboxylic acids is 1. The molecule has 1 N–H and O–H groups in total. The van der Waals surface area contributed by atoms with Crippen LogP contribution in [-0.2, 0) is 24.2 Å². The number of nitrogens with one attached hydrogen (secondary N) is 1. The lowest BCUT2D eigenvalue weighted by molar-refractivity contribution is -0.119. The zero-order valence-electron chi connectivity index (χ0n) is 15.9. The van der Waals surface area contributed by atoms with E-state index in [1.165, 1.54) is 28.6 Å². The molecule has 0 saturated carbocycles. The van der Waals surface area contributed by atoms with Crippen LogP contribution < -0.4 is 10.9 Å². The summed E-state index contributed by atoms with van der Waals surface area (Å²) in [6, 6.07) is 0. The van der Waals surface area contributed by atoms with Crippen LogP contribution >= 0.6 is 23.1 Å². The van der Waals surface area contributed by atoms with E-state index in [1.54, 1.807) is 23.0 Å². The van der Waals surface area contributed by atoms with Crippen molar-refractivity contribution in [2.24, 2.45) is 5.92 Å². The molecule has 7 heteroatoms. The van der Waals surface area contributed by atoms with Crippen molar-refractivity contribution in [1.82, 2.24) is 14.9 Å². The molecule has 0 spiro atoms. The molecule has 1 unspecified atom stereocenters. The van der Waals surface area contributed by atoms with Gasteiger partial charge in [-0.3, -0.25) is 14.2 Å². The number of hydrogen-bond acceptors (Lipinski definition) is 5. The molecule has 0 radical (unpaired) electrons. The highest BCUT2D eigenvalue weighted by molar-refractivity contribution is 8.00. The third kappa shape index (κ3) is 3.83. The van der Waals surface area contributed by atoms with Crippen LogP contribution in [0.3, 0.4) is 0 Å². The van der Waals surface area contributed by atoms with E-state index >= 15 is 0 Å². The lowest BCUT2D eigenvalue weighted by Gasteiger charge is -2.16. The first-order valence-electron chi connectivity index (χ1n) is 9.35. The normalized spacial score (nSPS) is 15.3. The lowest BCUT2D eigenvalue weighted by Crippen LogP contribution is -2.29. The maximum atomic E-state index is 13.3. The summed E-state index contributed by atoms with van der Waals surface area (Å²) in [5.41, 5.74) is 1.30. The molecule has 2 heterocycles. The molecule has 3 rings (SSSR count). The highest BCUT2D eigenvalue weighted by atomic mass is 32.2. The summed E-state index contributed by atoms with van der Waals surface area (Å²) in [7, 11) is 1.63. The van der Waals surface area contributed by atoms with Crippen LogP contribution in [0.15, 0.2) is 9.95 Å². The fourth-order valence-corrected chi connectivity index (χ4v) is 5.61. The summed E-state index contributed by atoms with van der Waals surface area (Å²) in [6.07, 6.45) is 5.29. The Kier molecular flexibility index (Phi) is 6.07. The highest BCUT2D eigenvalue weighted by Gasteiger charge is 2.24. The van der Waals surface area contributed by atoms with Crippen LogP contribution in [-0.4, -0.2) is 27.8 Å². The fourth-order valence-electron chi connectivity index (χ4n) is 3.31. The largest absolute Gasteiger partial charge is 0.358 e. The number of carbonyl (C=O) groups is 1. The topological polar surface area (TPSA) is 64.0 Å². The van der Waals surface area contributed by atoms with Gasteiger partial charge in [0, 0.05) is 18.5 Å². The number of aryl methyl sites for hydroxylation is 2. The first-order valence-corrected chi connectivity index (χ1v) is 11.0. The Bertz CT molecular complexity index is 870. The van der Waals surface area contributed by atoms with Crippen LogP contribution in [0.25, 0.3) is 10.2 Å². The molecule has 0 fully saturated rings. The Balaban J connectivity index is 2.10. The Labute approximate surface area is 162 Å². The molecular formula is C19H27N3O2S2. The number of hydrogen-bond donors (Lipinski definition) is 1. The van der Waals surface area contributed by atoms with Gasteiger partial charge in [0.1, 0.15) is 4.83 Å². The summed E-state index contributed by atoms with van der Waals surface area (Å²) >= 11 is 3.04. The standard InChI is InChI=1S/C19H27N3O2S2/c1-11(2)9-10-22-18(24)15-13-7-5-6-8-14(13)26-17(15)21-19(22)25-12(3)16(23)20-4/h11-12H,5-10H2,1-4H3,(H,20,23). The van der Waals surface area contributed by atoms with Crippen LogP contribution in [0.4, 0.5) is 0 Å². The molecule has 0 saturated heterocycles. The molecule has 0 aromatic carbocycles. The van der Waals surface area contributed by atoms with Gasteiger partial charge in [-0.15, -0.1) is 11.3 Å². The highest BCUT2D eigenvalue weighted by Crippen LogP contribution is 2.35. The van der Waals surface area contributed by atoms with Crippen molar-refractivity contribution >= 4 is 39.2 Å². The van der Waals surface area contributed by atoms with Crippen molar-refractivity contribution in [1.29, 1.82) is 0 Å². The van der Waals surface area contributed by atoms with E-state index in [2.05, 4.69) is 19.2 Å². The predicted octanol–water partition coefficient (Wildman–Crippen LogP) is 3.61. The van der Waals surface area contributed by atoms with Crippen molar-refractivity contribution in [3.05, 3.63) is 20.8 Å². The predicted molar refractivity (Wildman–Crippen MR) is 109 cm³/mol. The van der Waals surface area contributed by atoms with Gasteiger partial charge in [-0.1, -0.05) is 25.6 Å². The van der Waals surface area contributed by atoms with Gasteiger partial charge >= 0.3 is 0 Å². The number of aromatic nitrogens is 2. The molecule has 5 nitrogen and oxygen atoms in total. The minimum absolute atomic E-state index is 0.0507. The number of amides is 1. The van der Waals surface area contributed by atoms with E-state index in [0.29, 0.717) is 17.6 Å². The van der Waals surface area contributed by atoms with E-state index in [0.717, 1.165) is 35.9 Å². The molecule has 1 aliphatic rings. The second-order valence-electron chi connectivity index (χ2n) is 7.30. The van der Waals surface area contributed by atoms with Gasteiger partial charge in [-0.25, -0.2) is 4.98 Å². The molecule has 2 aromatic heterocycles. The molecule has 1 amide bonds. The van der Waals surface area contributed by atoms with Crippen molar-refractivity contribution in [2.45, 2.75) is 69.8 Å². The van der Waals surface area contributed by atoms with Crippen LogP contribution in [0.1, 0.15) is 50.5 Å².